The minimum Gasteiger partial charge on any atom is -0.481 e. The second-order valence-corrected chi connectivity index (χ2v) is 6.65. The molecule has 25 heavy (non-hydrogen) atoms. The normalized spacial score (nSPS) is 17.1. The third kappa shape index (κ3) is 5.46. The first-order valence-electron chi connectivity index (χ1n) is 8.98. The molecule has 138 valence electrons. The van der Waals surface area contributed by atoms with Crippen molar-refractivity contribution in [2.45, 2.75) is 45.8 Å². The van der Waals surface area contributed by atoms with E-state index in [1.54, 1.807) is 16.7 Å². The number of ether oxygens (including phenoxy) is 1. The molecule has 2 unspecified atom stereocenters. The third-order valence-electron chi connectivity index (χ3n) is 4.43. The summed E-state index contributed by atoms with van der Waals surface area (Å²) in [5.41, 5.74) is 6.91. The van der Waals surface area contributed by atoms with Crippen LogP contribution in [0, 0.1) is 0 Å². The summed E-state index contributed by atoms with van der Waals surface area (Å²) >= 11 is 0. The fourth-order valence-electron chi connectivity index (χ4n) is 2.90. The molecular weight excluding hydrogens is 318 g/mol. The Hall–Kier alpha value is -2.08. The predicted octanol–water partition coefficient (Wildman–Crippen LogP) is 1.42. The van der Waals surface area contributed by atoms with Gasteiger partial charge in [-0.25, -0.2) is 0 Å². The lowest BCUT2D eigenvalue weighted by molar-refractivity contribution is -0.143. The highest BCUT2D eigenvalue weighted by Gasteiger charge is 2.27. The molecule has 1 aliphatic rings. The highest BCUT2D eigenvalue weighted by atomic mass is 16.5. The van der Waals surface area contributed by atoms with Crippen LogP contribution in [0.3, 0.4) is 0 Å². The van der Waals surface area contributed by atoms with E-state index in [0.29, 0.717) is 38.3 Å². The van der Waals surface area contributed by atoms with Gasteiger partial charge in [-0.3, -0.25) is 9.59 Å². The Balaban J connectivity index is 1.83. The van der Waals surface area contributed by atoms with E-state index in [4.69, 9.17) is 10.5 Å². The maximum atomic E-state index is 12.6. The minimum atomic E-state index is -0.543. The van der Waals surface area contributed by atoms with E-state index in [2.05, 4.69) is 6.92 Å². The molecule has 0 bridgehead atoms. The van der Waals surface area contributed by atoms with Crippen molar-refractivity contribution in [1.29, 1.82) is 0 Å². The zero-order valence-corrected chi connectivity index (χ0v) is 15.4. The van der Waals surface area contributed by atoms with Crippen molar-refractivity contribution in [3.05, 3.63) is 29.8 Å². The quantitative estimate of drug-likeness (QED) is 0.844. The van der Waals surface area contributed by atoms with E-state index in [0.717, 1.165) is 6.42 Å². The van der Waals surface area contributed by atoms with Crippen LogP contribution in [0.25, 0.3) is 0 Å². The Morgan fingerprint density at radius 1 is 1.08 bits per heavy atom. The van der Waals surface area contributed by atoms with E-state index in [9.17, 15) is 9.59 Å². The van der Waals surface area contributed by atoms with E-state index in [-0.39, 0.29) is 17.9 Å². The van der Waals surface area contributed by atoms with E-state index >= 15 is 0 Å². The fourth-order valence-corrected chi connectivity index (χ4v) is 2.90. The summed E-state index contributed by atoms with van der Waals surface area (Å²) < 4.78 is 5.77. The molecule has 0 aromatic heterocycles. The molecule has 2 N–H and O–H groups in total. The van der Waals surface area contributed by atoms with Crippen LogP contribution in [-0.2, 0) is 16.0 Å². The summed E-state index contributed by atoms with van der Waals surface area (Å²) in [4.78, 5) is 28.1. The van der Waals surface area contributed by atoms with Crippen LogP contribution >= 0.6 is 0 Å². The lowest BCUT2D eigenvalue weighted by atomic mass is 10.2. The van der Waals surface area contributed by atoms with Gasteiger partial charge in [-0.05, 0) is 38.0 Å². The molecule has 6 heteroatoms. The number of nitrogens with two attached hydrogens (primary N) is 1. The smallest absolute Gasteiger partial charge is 0.263 e. The second kappa shape index (κ2) is 8.85. The highest BCUT2D eigenvalue weighted by Crippen LogP contribution is 2.16. The Morgan fingerprint density at radius 3 is 2.16 bits per heavy atom. The molecule has 1 fully saturated rings. The lowest BCUT2D eigenvalue weighted by Gasteiger charge is -2.36. The SMILES string of the molecule is CCc1ccc(OC(C)C(=O)N2CCN(C(=O)CC(C)N)CC2)cc1. The van der Waals surface area contributed by atoms with E-state index < -0.39 is 6.10 Å². The van der Waals surface area contributed by atoms with Crippen LogP contribution in [-0.4, -0.2) is 59.9 Å². The monoisotopic (exact) mass is 347 g/mol. The van der Waals surface area contributed by atoms with Crippen molar-refractivity contribution in [3.63, 3.8) is 0 Å². The van der Waals surface area contributed by atoms with Gasteiger partial charge in [-0.15, -0.1) is 0 Å². The van der Waals surface area contributed by atoms with Crippen molar-refractivity contribution in [3.8, 4) is 5.75 Å². The van der Waals surface area contributed by atoms with Crippen LogP contribution in [0.1, 0.15) is 32.8 Å². The van der Waals surface area contributed by atoms with Crippen LogP contribution in [0.15, 0.2) is 24.3 Å². The van der Waals surface area contributed by atoms with Gasteiger partial charge in [0.25, 0.3) is 5.91 Å². The van der Waals surface area contributed by atoms with Crippen LogP contribution in [0.4, 0.5) is 0 Å². The Bertz CT molecular complexity index is 578. The van der Waals surface area contributed by atoms with Gasteiger partial charge in [0.05, 0.1) is 0 Å². The third-order valence-corrected chi connectivity index (χ3v) is 4.43. The molecule has 1 aliphatic heterocycles. The Labute approximate surface area is 149 Å². The molecule has 2 atom stereocenters. The average Bonchev–Trinajstić information content (AvgIpc) is 2.61. The molecule has 1 aromatic carbocycles. The molecule has 2 amide bonds. The Kier molecular flexibility index (Phi) is 6.82. The number of piperazine rings is 1. The summed E-state index contributed by atoms with van der Waals surface area (Å²) in [7, 11) is 0. The molecule has 0 spiro atoms. The van der Waals surface area contributed by atoms with Crippen LogP contribution in [0.2, 0.25) is 0 Å². The average molecular weight is 347 g/mol. The Morgan fingerprint density at radius 2 is 1.64 bits per heavy atom. The maximum Gasteiger partial charge on any atom is 0.263 e. The summed E-state index contributed by atoms with van der Waals surface area (Å²) in [6.45, 7) is 7.86. The number of aryl methyl sites for hydroxylation is 1. The second-order valence-electron chi connectivity index (χ2n) is 6.65. The summed E-state index contributed by atoms with van der Waals surface area (Å²) in [5.74, 6) is 0.713. The fraction of sp³-hybridized carbons (Fsp3) is 0.579. The van der Waals surface area contributed by atoms with Crippen LogP contribution < -0.4 is 10.5 Å². The number of carbonyl (C=O) groups is 2. The predicted molar refractivity (Wildman–Crippen MR) is 97.3 cm³/mol. The number of rotatable bonds is 6. The molecule has 1 heterocycles. The summed E-state index contributed by atoms with van der Waals surface area (Å²) in [6.07, 6.45) is 0.779. The van der Waals surface area contributed by atoms with Crippen LogP contribution in [0.5, 0.6) is 5.75 Å². The standard InChI is InChI=1S/C19H29N3O3/c1-4-16-5-7-17(8-6-16)25-15(3)19(24)22-11-9-21(10-12-22)18(23)13-14(2)20/h5-8,14-15H,4,9-13,20H2,1-3H3. The van der Waals surface area contributed by atoms with Gasteiger partial charge in [0.1, 0.15) is 5.75 Å². The van der Waals surface area contributed by atoms with Crippen molar-refractivity contribution >= 4 is 11.8 Å². The van der Waals surface area contributed by atoms with E-state index in [1.165, 1.54) is 5.56 Å². The molecule has 0 radical (unpaired) electrons. The number of nitrogens with zero attached hydrogens (tertiary/aromatic N) is 2. The van der Waals surface area contributed by atoms with Crippen molar-refractivity contribution in [2.75, 3.05) is 26.2 Å². The number of hydrogen-bond acceptors (Lipinski definition) is 4. The zero-order valence-electron chi connectivity index (χ0n) is 15.4. The molecule has 0 aliphatic carbocycles. The van der Waals surface area contributed by atoms with Gasteiger partial charge in [-0.2, -0.15) is 0 Å². The van der Waals surface area contributed by atoms with Gasteiger partial charge < -0.3 is 20.3 Å². The molecule has 1 saturated heterocycles. The molecule has 0 saturated carbocycles. The molecule has 6 nitrogen and oxygen atoms in total. The topological polar surface area (TPSA) is 75.9 Å². The number of amides is 2. The van der Waals surface area contributed by atoms with Gasteiger partial charge in [0.15, 0.2) is 6.10 Å². The first-order chi connectivity index (χ1) is 11.9. The lowest BCUT2D eigenvalue weighted by Crippen LogP contribution is -2.53. The molecular formula is C19H29N3O3. The van der Waals surface area contributed by atoms with Gasteiger partial charge in [-0.1, -0.05) is 19.1 Å². The van der Waals surface area contributed by atoms with Crippen molar-refractivity contribution in [2.24, 2.45) is 5.73 Å². The summed E-state index contributed by atoms with van der Waals surface area (Å²) in [5, 5.41) is 0. The highest BCUT2D eigenvalue weighted by molar-refractivity contribution is 5.81. The number of benzene rings is 1. The first-order valence-corrected chi connectivity index (χ1v) is 8.98. The van der Waals surface area contributed by atoms with E-state index in [1.807, 2.05) is 31.2 Å². The maximum absolute atomic E-state index is 12.6. The molecule has 2 rings (SSSR count). The minimum absolute atomic E-state index is 0.0427. The zero-order chi connectivity index (χ0) is 18.4. The van der Waals surface area contributed by atoms with Gasteiger partial charge in [0.2, 0.25) is 5.91 Å². The summed E-state index contributed by atoms with van der Waals surface area (Å²) in [6, 6.07) is 7.67. The van der Waals surface area contributed by atoms with Crippen molar-refractivity contribution < 1.29 is 14.3 Å². The first kappa shape index (κ1) is 19.2. The molecule has 1 aromatic rings. The van der Waals surface area contributed by atoms with Gasteiger partial charge >= 0.3 is 0 Å². The number of hydrogen-bond donors (Lipinski definition) is 1. The largest absolute Gasteiger partial charge is 0.481 e. The van der Waals surface area contributed by atoms with Crippen molar-refractivity contribution in [1.82, 2.24) is 9.80 Å². The number of carbonyl (C=O) groups excluding carboxylic acids is 2. The van der Waals surface area contributed by atoms with Gasteiger partial charge in [0, 0.05) is 38.6 Å².